The first-order valence-corrected chi connectivity index (χ1v) is 6.64. The lowest BCUT2D eigenvalue weighted by Crippen LogP contribution is -2.05. The molecule has 0 aliphatic heterocycles. The van der Waals surface area contributed by atoms with Crippen molar-refractivity contribution in [2.75, 3.05) is 6.61 Å². The van der Waals surface area contributed by atoms with Crippen molar-refractivity contribution in [1.82, 2.24) is 4.98 Å². The van der Waals surface area contributed by atoms with Gasteiger partial charge in [0.15, 0.2) is 0 Å². The van der Waals surface area contributed by atoms with Gasteiger partial charge < -0.3 is 9.84 Å². The maximum absolute atomic E-state index is 11.6. The number of esters is 1. The SMILES string of the molecule is CCOC(=O)c1cnc2cc(Cl)c(I)cc2c1O. The number of fused-ring (bicyclic) bond motifs is 1. The molecule has 0 fully saturated rings. The number of rotatable bonds is 2. The van der Waals surface area contributed by atoms with Gasteiger partial charge in [-0.1, -0.05) is 11.6 Å². The van der Waals surface area contributed by atoms with Crippen LogP contribution in [0.1, 0.15) is 17.3 Å². The smallest absolute Gasteiger partial charge is 0.343 e. The summed E-state index contributed by atoms with van der Waals surface area (Å²) >= 11 is 8.02. The van der Waals surface area contributed by atoms with Crippen LogP contribution in [-0.2, 0) is 4.74 Å². The number of benzene rings is 1. The highest BCUT2D eigenvalue weighted by molar-refractivity contribution is 14.1. The molecule has 0 bridgehead atoms. The molecular weight excluding hydrogens is 368 g/mol. The van der Waals surface area contributed by atoms with E-state index in [-0.39, 0.29) is 17.9 Å². The molecule has 0 saturated carbocycles. The summed E-state index contributed by atoms with van der Waals surface area (Å²) in [5.41, 5.74) is 0.591. The van der Waals surface area contributed by atoms with E-state index in [0.717, 1.165) is 3.57 Å². The van der Waals surface area contributed by atoms with Crippen LogP contribution in [0.4, 0.5) is 0 Å². The Morgan fingerprint density at radius 2 is 2.28 bits per heavy atom. The molecule has 94 valence electrons. The van der Waals surface area contributed by atoms with Crippen LogP contribution in [-0.4, -0.2) is 22.7 Å². The second-order valence-corrected chi connectivity index (χ2v) is 5.09. The summed E-state index contributed by atoms with van der Waals surface area (Å²) in [6.07, 6.45) is 1.29. The zero-order chi connectivity index (χ0) is 13.3. The molecular formula is C12H9ClINO3. The fourth-order valence-corrected chi connectivity index (χ4v) is 2.16. The summed E-state index contributed by atoms with van der Waals surface area (Å²) in [4.78, 5) is 15.7. The van der Waals surface area contributed by atoms with Gasteiger partial charge in [0, 0.05) is 15.2 Å². The molecule has 0 aliphatic rings. The number of hydrogen-bond acceptors (Lipinski definition) is 4. The number of ether oxygens (including phenoxy) is 1. The van der Waals surface area contributed by atoms with E-state index >= 15 is 0 Å². The fraction of sp³-hybridized carbons (Fsp3) is 0.167. The number of nitrogens with zero attached hydrogens (tertiary/aromatic N) is 1. The van der Waals surface area contributed by atoms with Crippen molar-refractivity contribution in [2.45, 2.75) is 6.92 Å². The summed E-state index contributed by atoms with van der Waals surface area (Å²) < 4.78 is 5.62. The van der Waals surface area contributed by atoms with Gasteiger partial charge in [-0.2, -0.15) is 0 Å². The number of halogens is 2. The van der Waals surface area contributed by atoms with E-state index in [4.69, 9.17) is 16.3 Å². The summed E-state index contributed by atoms with van der Waals surface area (Å²) in [5.74, 6) is -0.720. The largest absolute Gasteiger partial charge is 0.506 e. The molecule has 1 aromatic carbocycles. The van der Waals surface area contributed by atoms with Crippen molar-refractivity contribution in [3.05, 3.63) is 32.5 Å². The quantitative estimate of drug-likeness (QED) is 0.644. The summed E-state index contributed by atoms with van der Waals surface area (Å²) in [6.45, 7) is 1.95. The molecule has 0 unspecified atom stereocenters. The van der Waals surface area contributed by atoms with E-state index < -0.39 is 5.97 Å². The molecule has 1 heterocycles. The van der Waals surface area contributed by atoms with E-state index in [1.54, 1.807) is 19.1 Å². The van der Waals surface area contributed by atoms with Crippen LogP contribution in [0.5, 0.6) is 5.75 Å². The predicted molar refractivity (Wildman–Crippen MR) is 77.1 cm³/mol. The van der Waals surface area contributed by atoms with Crippen molar-refractivity contribution in [2.24, 2.45) is 0 Å². The maximum atomic E-state index is 11.6. The molecule has 0 amide bonds. The maximum Gasteiger partial charge on any atom is 0.343 e. The van der Waals surface area contributed by atoms with Gasteiger partial charge in [0.1, 0.15) is 11.3 Å². The van der Waals surface area contributed by atoms with Crippen molar-refractivity contribution in [3.8, 4) is 5.75 Å². The van der Waals surface area contributed by atoms with Gasteiger partial charge in [-0.05, 0) is 41.6 Å². The van der Waals surface area contributed by atoms with Crippen LogP contribution in [0.15, 0.2) is 18.3 Å². The number of carbonyl (C=O) groups is 1. The van der Waals surface area contributed by atoms with Gasteiger partial charge >= 0.3 is 5.97 Å². The molecule has 0 saturated heterocycles. The van der Waals surface area contributed by atoms with Gasteiger partial charge in [0.05, 0.1) is 17.1 Å². The zero-order valence-electron chi connectivity index (χ0n) is 9.41. The van der Waals surface area contributed by atoms with E-state index in [9.17, 15) is 9.90 Å². The monoisotopic (exact) mass is 377 g/mol. The van der Waals surface area contributed by atoms with Crippen LogP contribution in [0.25, 0.3) is 10.9 Å². The Balaban J connectivity index is 2.63. The standard InChI is InChI=1S/C12H9ClINO3/c1-2-18-12(17)7-5-15-10-4-8(13)9(14)3-6(10)11(7)16/h3-5H,2H2,1H3,(H,15,16). The highest BCUT2D eigenvalue weighted by Gasteiger charge is 2.16. The molecule has 4 nitrogen and oxygen atoms in total. The first-order valence-electron chi connectivity index (χ1n) is 5.18. The molecule has 1 aromatic heterocycles. The Morgan fingerprint density at radius 3 is 2.94 bits per heavy atom. The fourth-order valence-electron chi connectivity index (χ4n) is 1.53. The van der Waals surface area contributed by atoms with Crippen LogP contribution < -0.4 is 0 Å². The van der Waals surface area contributed by atoms with Crippen LogP contribution in [0, 0.1) is 3.57 Å². The van der Waals surface area contributed by atoms with Crippen molar-refractivity contribution < 1.29 is 14.6 Å². The molecule has 2 aromatic rings. The molecule has 0 radical (unpaired) electrons. The third-order valence-corrected chi connectivity index (χ3v) is 3.90. The molecule has 0 aliphatic carbocycles. The number of carbonyl (C=O) groups excluding carboxylic acids is 1. The Labute approximate surface area is 122 Å². The molecule has 0 spiro atoms. The topological polar surface area (TPSA) is 59.4 Å². The summed E-state index contributed by atoms with van der Waals surface area (Å²) in [6, 6.07) is 3.33. The zero-order valence-corrected chi connectivity index (χ0v) is 12.3. The average molecular weight is 378 g/mol. The molecule has 18 heavy (non-hydrogen) atoms. The lowest BCUT2D eigenvalue weighted by atomic mass is 10.1. The first kappa shape index (κ1) is 13.4. The van der Waals surface area contributed by atoms with Crippen molar-refractivity contribution in [1.29, 1.82) is 0 Å². The predicted octanol–water partition coefficient (Wildman–Crippen LogP) is 3.38. The lowest BCUT2D eigenvalue weighted by Gasteiger charge is -2.07. The van der Waals surface area contributed by atoms with Gasteiger partial charge in [-0.3, -0.25) is 4.98 Å². The highest BCUT2D eigenvalue weighted by atomic mass is 127. The Morgan fingerprint density at radius 1 is 1.56 bits per heavy atom. The highest BCUT2D eigenvalue weighted by Crippen LogP contribution is 2.32. The number of aromatic hydroxyl groups is 1. The normalized spacial score (nSPS) is 10.6. The Bertz CT molecular complexity index is 630. The van der Waals surface area contributed by atoms with Gasteiger partial charge in [-0.15, -0.1) is 0 Å². The average Bonchev–Trinajstić information content (AvgIpc) is 2.32. The van der Waals surface area contributed by atoms with E-state index in [1.807, 2.05) is 22.6 Å². The first-order chi connectivity index (χ1) is 8.54. The van der Waals surface area contributed by atoms with E-state index in [1.165, 1.54) is 6.20 Å². The minimum Gasteiger partial charge on any atom is -0.506 e. The third-order valence-electron chi connectivity index (χ3n) is 2.38. The van der Waals surface area contributed by atoms with Crippen molar-refractivity contribution >= 4 is 51.1 Å². The van der Waals surface area contributed by atoms with Gasteiger partial charge in [0.2, 0.25) is 0 Å². The summed E-state index contributed by atoms with van der Waals surface area (Å²) in [5, 5.41) is 11.1. The van der Waals surface area contributed by atoms with E-state index in [2.05, 4.69) is 4.98 Å². The molecule has 2 rings (SSSR count). The van der Waals surface area contributed by atoms with Crippen LogP contribution in [0.2, 0.25) is 5.02 Å². The Kier molecular flexibility index (Phi) is 3.91. The molecule has 6 heteroatoms. The molecule has 1 N–H and O–H groups in total. The third kappa shape index (κ3) is 2.37. The van der Waals surface area contributed by atoms with Crippen LogP contribution >= 0.6 is 34.2 Å². The number of hydrogen-bond donors (Lipinski definition) is 1. The van der Waals surface area contributed by atoms with E-state index in [0.29, 0.717) is 15.9 Å². The van der Waals surface area contributed by atoms with Gasteiger partial charge in [-0.25, -0.2) is 4.79 Å². The minimum atomic E-state index is -0.589. The summed E-state index contributed by atoms with van der Waals surface area (Å²) in [7, 11) is 0. The number of aromatic nitrogens is 1. The lowest BCUT2D eigenvalue weighted by molar-refractivity contribution is 0.0523. The second-order valence-electron chi connectivity index (χ2n) is 3.52. The number of pyridine rings is 1. The van der Waals surface area contributed by atoms with Crippen molar-refractivity contribution in [3.63, 3.8) is 0 Å². The Hall–Kier alpha value is -1.08. The molecule has 0 atom stereocenters. The van der Waals surface area contributed by atoms with Crippen LogP contribution in [0.3, 0.4) is 0 Å². The second kappa shape index (κ2) is 5.27. The minimum absolute atomic E-state index is 0.0578. The van der Waals surface area contributed by atoms with Gasteiger partial charge in [0.25, 0.3) is 0 Å².